The number of hydrogen-bond acceptors (Lipinski definition) is 11. The maximum Gasteiger partial charge on any atom is 0.338 e. The molecule has 11 heteroatoms. The molecule has 1 fully saturated rings. The van der Waals surface area contributed by atoms with Gasteiger partial charge in [0.1, 0.15) is 6.10 Å². The summed E-state index contributed by atoms with van der Waals surface area (Å²) in [5.41, 5.74) is 0.389. The average molecular weight is 701 g/mol. The van der Waals surface area contributed by atoms with Crippen LogP contribution < -0.4 is 0 Å². The van der Waals surface area contributed by atoms with E-state index in [0.29, 0.717) is 0 Å². The second-order valence-electron chi connectivity index (χ2n) is 11.7. The van der Waals surface area contributed by atoms with Gasteiger partial charge >= 0.3 is 29.8 Å². The third-order valence-electron chi connectivity index (χ3n) is 8.23. The van der Waals surface area contributed by atoms with Crippen molar-refractivity contribution in [2.24, 2.45) is 0 Å². The summed E-state index contributed by atoms with van der Waals surface area (Å²) in [5, 5.41) is 12.0. The van der Waals surface area contributed by atoms with E-state index < -0.39 is 66.5 Å². The van der Waals surface area contributed by atoms with Crippen molar-refractivity contribution in [3.05, 3.63) is 179 Å². The van der Waals surface area contributed by atoms with Gasteiger partial charge in [-0.2, -0.15) is 0 Å². The fraction of sp³-hybridized carbons (Fsp3) is 0.146. The number of rotatable bonds is 10. The molecule has 262 valence electrons. The largest absolute Gasteiger partial charge is 0.452 e. The Morgan fingerprint density at radius 3 is 0.692 bits per heavy atom. The molecule has 5 aromatic carbocycles. The van der Waals surface area contributed by atoms with Crippen LogP contribution in [-0.4, -0.2) is 71.6 Å². The number of benzene rings is 5. The number of ether oxygens (including phenoxy) is 5. The first kappa shape index (κ1) is 35.2. The first-order valence-electron chi connectivity index (χ1n) is 16.3. The van der Waals surface area contributed by atoms with Crippen LogP contribution in [0.4, 0.5) is 0 Å². The number of carbonyl (C=O) groups is 5. The highest BCUT2D eigenvalue weighted by Gasteiger charge is 2.59. The third kappa shape index (κ3) is 8.23. The number of carbonyl (C=O) groups excluding carboxylic acids is 5. The van der Waals surface area contributed by atoms with Crippen LogP contribution in [0.5, 0.6) is 0 Å². The van der Waals surface area contributed by atoms with Crippen LogP contribution in [0.1, 0.15) is 51.8 Å². The summed E-state index contributed by atoms with van der Waals surface area (Å²) in [6.45, 7) is 0. The Kier molecular flexibility index (Phi) is 11.1. The van der Waals surface area contributed by atoms with Crippen molar-refractivity contribution in [1.29, 1.82) is 0 Å². The maximum absolute atomic E-state index is 13.7. The highest BCUT2D eigenvalue weighted by atomic mass is 16.7. The molecular formula is C41H32O11. The molecule has 0 unspecified atom stereocenters. The third-order valence-corrected chi connectivity index (χ3v) is 8.23. The molecule has 0 aliphatic heterocycles. The highest BCUT2D eigenvalue weighted by Crippen LogP contribution is 2.35. The van der Waals surface area contributed by atoms with E-state index in [4.69, 9.17) is 23.7 Å². The van der Waals surface area contributed by atoms with Crippen LogP contribution in [-0.2, 0) is 23.7 Å². The van der Waals surface area contributed by atoms with E-state index >= 15 is 0 Å². The Morgan fingerprint density at radius 1 is 0.308 bits per heavy atom. The standard InChI is InChI=1S/C41H32O11/c42-31-32(48-37(43)26-16-6-1-7-17-26)34(50-39(45)28-20-10-3-11-21-28)36(52-41(47)30-24-14-5-15-25-30)35(51-40(46)29-22-12-4-13-23-29)33(31)49-38(44)27-18-8-2-9-19-27/h1-25,31-36,42H/t31-,32+,33-,34-,35+,36+. The van der Waals surface area contributed by atoms with Gasteiger partial charge in [-0.3, -0.25) is 0 Å². The molecule has 5 aromatic rings. The van der Waals surface area contributed by atoms with E-state index in [-0.39, 0.29) is 27.8 Å². The number of aliphatic hydroxyl groups is 1. The maximum atomic E-state index is 13.7. The molecule has 0 amide bonds. The summed E-state index contributed by atoms with van der Waals surface area (Å²) in [5.74, 6) is -4.69. The Hall–Kier alpha value is -6.59. The minimum Gasteiger partial charge on any atom is -0.452 e. The zero-order chi connectivity index (χ0) is 36.5. The molecule has 0 spiro atoms. The second-order valence-corrected chi connectivity index (χ2v) is 11.7. The van der Waals surface area contributed by atoms with Gasteiger partial charge in [-0.1, -0.05) is 91.0 Å². The van der Waals surface area contributed by atoms with Crippen LogP contribution in [0.25, 0.3) is 0 Å². The molecule has 1 aliphatic rings. The summed E-state index contributed by atoms with van der Waals surface area (Å²) in [6, 6.07) is 39.0. The SMILES string of the molecule is O=C(O[C@@H]1[C@@H](OC(=O)c2ccccc2)[C@H](OC(=O)c2ccccc2)[C@H](O)[C@H](OC(=O)c2ccccc2)[C@H]1OC(=O)c1ccccc1)c1ccccc1. The van der Waals surface area contributed by atoms with E-state index in [2.05, 4.69) is 0 Å². The molecule has 0 aromatic heterocycles. The van der Waals surface area contributed by atoms with Gasteiger partial charge < -0.3 is 28.8 Å². The van der Waals surface area contributed by atoms with Gasteiger partial charge in [-0.15, -0.1) is 0 Å². The zero-order valence-electron chi connectivity index (χ0n) is 27.4. The van der Waals surface area contributed by atoms with Crippen molar-refractivity contribution in [1.82, 2.24) is 0 Å². The lowest BCUT2D eigenvalue weighted by atomic mass is 9.83. The molecule has 0 bridgehead atoms. The molecule has 0 heterocycles. The van der Waals surface area contributed by atoms with E-state index in [9.17, 15) is 29.1 Å². The summed E-state index contributed by atoms with van der Waals surface area (Å²) < 4.78 is 29.5. The van der Waals surface area contributed by atoms with Gasteiger partial charge in [0, 0.05) is 0 Å². The predicted molar refractivity (Wildman–Crippen MR) is 184 cm³/mol. The van der Waals surface area contributed by atoms with Crippen molar-refractivity contribution < 1.29 is 52.8 Å². The van der Waals surface area contributed by atoms with Crippen molar-refractivity contribution in [3.8, 4) is 0 Å². The Labute approximate surface area is 298 Å². The van der Waals surface area contributed by atoms with Gasteiger partial charge in [-0.25, -0.2) is 24.0 Å². The fourth-order valence-corrected chi connectivity index (χ4v) is 5.64. The van der Waals surface area contributed by atoms with Crippen LogP contribution in [0.15, 0.2) is 152 Å². The van der Waals surface area contributed by atoms with Crippen LogP contribution in [0, 0.1) is 0 Å². The molecular weight excluding hydrogens is 668 g/mol. The number of hydrogen-bond donors (Lipinski definition) is 1. The normalized spacial score (nSPS) is 20.8. The summed E-state index contributed by atoms with van der Waals surface area (Å²) >= 11 is 0. The molecule has 11 nitrogen and oxygen atoms in total. The lowest BCUT2D eigenvalue weighted by molar-refractivity contribution is -0.223. The molecule has 1 saturated carbocycles. The van der Waals surface area contributed by atoms with Gasteiger partial charge in [0.15, 0.2) is 30.5 Å². The lowest BCUT2D eigenvalue weighted by Crippen LogP contribution is -2.68. The Balaban J connectivity index is 1.47. The van der Waals surface area contributed by atoms with Crippen molar-refractivity contribution >= 4 is 29.8 Å². The van der Waals surface area contributed by atoms with E-state index in [1.807, 2.05) is 0 Å². The Bertz CT molecular complexity index is 1870. The smallest absolute Gasteiger partial charge is 0.338 e. The minimum atomic E-state index is -1.99. The van der Waals surface area contributed by atoms with Crippen molar-refractivity contribution in [3.63, 3.8) is 0 Å². The molecule has 52 heavy (non-hydrogen) atoms. The van der Waals surface area contributed by atoms with Gasteiger partial charge in [0.25, 0.3) is 0 Å². The zero-order valence-corrected chi connectivity index (χ0v) is 27.4. The first-order valence-corrected chi connectivity index (χ1v) is 16.3. The molecule has 0 radical (unpaired) electrons. The summed E-state index contributed by atoms with van der Waals surface area (Å²) in [6.07, 6.45) is -11.1. The molecule has 1 aliphatic carbocycles. The minimum absolute atomic E-state index is 0.0746. The molecule has 0 saturated heterocycles. The quantitative estimate of drug-likeness (QED) is 0.146. The number of esters is 5. The van der Waals surface area contributed by atoms with E-state index in [0.717, 1.165) is 0 Å². The molecule has 1 N–H and O–H groups in total. The summed E-state index contributed by atoms with van der Waals surface area (Å²) in [7, 11) is 0. The summed E-state index contributed by atoms with van der Waals surface area (Å²) in [4.78, 5) is 68.1. The van der Waals surface area contributed by atoms with E-state index in [1.54, 1.807) is 91.0 Å². The first-order chi connectivity index (χ1) is 25.3. The second kappa shape index (κ2) is 16.4. The molecule has 6 rings (SSSR count). The van der Waals surface area contributed by atoms with Crippen LogP contribution >= 0.6 is 0 Å². The van der Waals surface area contributed by atoms with Crippen LogP contribution in [0.2, 0.25) is 0 Å². The molecule has 6 atom stereocenters. The predicted octanol–water partition coefficient (Wildman–Crippen LogP) is 5.49. The van der Waals surface area contributed by atoms with Gasteiger partial charge in [0.2, 0.25) is 0 Å². The van der Waals surface area contributed by atoms with Crippen molar-refractivity contribution in [2.75, 3.05) is 0 Å². The topological polar surface area (TPSA) is 152 Å². The van der Waals surface area contributed by atoms with Crippen molar-refractivity contribution in [2.45, 2.75) is 36.6 Å². The van der Waals surface area contributed by atoms with E-state index in [1.165, 1.54) is 60.7 Å². The lowest BCUT2D eigenvalue weighted by Gasteiger charge is -2.46. The van der Waals surface area contributed by atoms with Gasteiger partial charge in [-0.05, 0) is 60.7 Å². The monoisotopic (exact) mass is 700 g/mol. The van der Waals surface area contributed by atoms with Gasteiger partial charge in [0.05, 0.1) is 27.8 Å². The van der Waals surface area contributed by atoms with Crippen LogP contribution in [0.3, 0.4) is 0 Å². The Morgan fingerprint density at radius 2 is 0.481 bits per heavy atom. The average Bonchev–Trinajstić information content (AvgIpc) is 3.20. The fourth-order valence-electron chi connectivity index (χ4n) is 5.64. The highest BCUT2D eigenvalue weighted by molar-refractivity contribution is 5.92. The number of aliphatic hydroxyl groups excluding tert-OH is 1.